The van der Waals surface area contributed by atoms with Crippen LogP contribution in [0.15, 0.2) is 18.2 Å². The van der Waals surface area contributed by atoms with Crippen LogP contribution in [-0.4, -0.2) is 24.8 Å². The highest BCUT2D eigenvalue weighted by molar-refractivity contribution is 5.21. The van der Waals surface area contributed by atoms with E-state index in [-0.39, 0.29) is 17.7 Å². The fraction of sp³-hybridized carbons (Fsp3) is 0.647. The minimum absolute atomic E-state index is 0.0895. The summed E-state index contributed by atoms with van der Waals surface area (Å²) in [7, 11) is 0. The Morgan fingerprint density at radius 1 is 1.29 bits per heavy atom. The van der Waals surface area contributed by atoms with Crippen LogP contribution in [0.2, 0.25) is 0 Å². The molecule has 1 aromatic rings. The molecule has 3 rings (SSSR count). The zero-order valence-corrected chi connectivity index (χ0v) is 12.4. The molecule has 2 saturated heterocycles. The first-order chi connectivity index (χ1) is 10.2. The first kappa shape index (κ1) is 14.9. The van der Waals surface area contributed by atoms with Gasteiger partial charge in [-0.05, 0) is 50.8 Å². The Bertz CT molecular complexity index is 473. The highest BCUT2D eigenvalue weighted by Gasteiger charge is 2.44. The second-order valence-electron chi connectivity index (χ2n) is 6.24. The van der Waals surface area contributed by atoms with Crippen molar-refractivity contribution in [3.63, 3.8) is 0 Å². The summed E-state index contributed by atoms with van der Waals surface area (Å²) >= 11 is 0. The van der Waals surface area contributed by atoms with E-state index in [2.05, 4.69) is 12.2 Å². The third kappa shape index (κ3) is 3.11. The smallest absolute Gasteiger partial charge is 0.129 e. The monoisotopic (exact) mass is 295 g/mol. The maximum Gasteiger partial charge on any atom is 0.129 e. The van der Waals surface area contributed by atoms with Gasteiger partial charge in [-0.3, -0.25) is 0 Å². The Balaban J connectivity index is 1.76. The lowest BCUT2D eigenvalue weighted by molar-refractivity contribution is 0.0855. The van der Waals surface area contributed by atoms with E-state index >= 15 is 0 Å². The van der Waals surface area contributed by atoms with E-state index in [1.807, 2.05) is 0 Å². The van der Waals surface area contributed by atoms with Crippen LogP contribution in [0.1, 0.15) is 38.2 Å². The van der Waals surface area contributed by atoms with Crippen LogP contribution in [0.3, 0.4) is 0 Å². The van der Waals surface area contributed by atoms with Crippen molar-refractivity contribution in [3.8, 4) is 0 Å². The zero-order valence-electron chi connectivity index (χ0n) is 12.4. The zero-order chi connectivity index (χ0) is 14.8. The van der Waals surface area contributed by atoms with Gasteiger partial charge in [-0.15, -0.1) is 0 Å². The fourth-order valence-corrected chi connectivity index (χ4v) is 3.75. The predicted octanol–water partition coefficient (Wildman–Crippen LogP) is 3.44. The Hall–Kier alpha value is -1.00. The molecule has 0 saturated carbocycles. The van der Waals surface area contributed by atoms with Crippen molar-refractivity contribution >= 4 is 0 Å². The predicted molar refractivity (Wildman–Crippen MR) is 78.1 cm³/mol. The number of halogens is 2. The van der Waals surface area contributed by atoms with Crippen molar-refractivity contribution in [2.24, 2.45) is 5.92 Å². The third-order valence-electron chi connectivity index (χ3n) is 4.81. The Morgan fingerprint density at radius 2 is 2.05 bits per heavy atom. The number of ether oxygens (including phenoxy) is 1. The molecule has 2 bridgehead atoms. The molecular weight excluding hydrogens is 272 g/mol. The number of nitrogens with one attached hydrogen (secondary N) is 1. The Kier molecular flexibility index (Phi) is 4.55. The van der Waals surface area contributed by atoms with Gasteiger partial charge < -0.3 is 10.1 Å². The van der Waals surface area contributed by atoms with E-state index in [9.17, 15) is 8.78 Å². The molecule has 2 nitrogen and oxygen atoms in total. The topological polar surface area (TPSA) is 21.3 Å². The first-order valence-corrected chi connectivity index (χ1v) is 8.00. The molecule has 0 radical (unpaired) electrons. The highest BCUT2D eigenvalue weighted by atomic mass is 19.1. The van der Waals surface area contributed by atoms with Gasteiger partial charge in [-0.2, -0.15) is 0 Å². The second-order valence-corrected chi connectivity index (χ2v) is 6.24. The van der Waals surface area contributed by atoms with Crippen LogP contribution >= 0.6 is 0 Å². The molecule has 4 atom stereocenters. The number of fused-ring (bicyclic) bond motifs is 2. The van der Waals surface area contributed by atoms with Gasteiger partial charge >= 0.3 is 0 Å². The molecule has 2 aliphatic heterocycles. The fourth-order valence-electron chi connectivity index (χ4n) is 3.75. The summed E-state index contributed by atoms with van der Waals surface area (Å²) < 4.78 is 33.7. The van der Waals surface area contributed by atoms with Gasteiger partial charge in [0.1, 0.15) is 11.6 Å². The number of hydrogen-bond donors (Lipinski definition) is 1. The summed E-state index contributed by atoms with van der Waals surface area (Å²) in [5.41, 5.74) is 0.203. The van der Waals surface area contributed by atoms with Crippen molar-refractivity contribution in [1.82, 2.24) is 5.32 Å². The van der Waals surface area contributed by atoms with Crippen LogP contribution in [-0.2, 0) is 11.2 Å². The van der Waals surface area contributed by atoms with Gasteiger partial charge in [0.25, 0.3) is 0 Å². The molecule has 1 aromatic carbocycles. The summed E-state index contributed by atoms with van der Waals surface area (Å²) in [6.07, 6.45) is 5.26. The average Bonchev–Trinajstić information content (AvgIpc) is 3.09. The molecule has 2 heterocycles. The van der Waals surface area contributed by atoms with E-state index in [0.29, 0.717) is 18.4 Å². The second kappa shape index (κ2) is 6.41. The maximum absolute atomic E-state index is 13.9. The molecule has 21 heavy (non-hydrogen) atoms. The van der Waals surface area contributed by atoms with E-state index in [4.69, 9.17) is 4.74 Å². The van der Waals surface area contributed by atoms with Gasteiger partial charge in [0.2, 0.25) is 0 Å². The molecule has 2 fully saturated rings. The van der Waals surface area contributed by atoms with Crippen LogP contribution in [0.25, 0.3) is 0 Å². The van der Waals surface area contributed by atoms with Gasteiger partial charge in [-0.1, -0.05) is 13.0 Å². The van der Waals surface area contributed by atoms with E-state index in [1.54, 1.807) is 0 Å². The summed E-state index contributed by atoms with van der Waals surface area (Å²) in [5, 5.41) is 3.49. The van der Waals surface area contributed by atoms with Crippen molar-refractivity contribution in [2.75, 3.05) is 6.54 Å². The Labute approximate surface area is 124 Å². The molecule has 1 N–H and O–H groups in total. The minimum atomic E-state index is -0.442. The lowest BCUT2D eigenvalue weighted by atomic mass is 9.81. The normalized spacial score (nSPS) is 29.0. The van der Waals surface area contributed by atoms with Gasteiger partial charge in [-0.25, -0.2) is 8.78 Å². The summed E-state index contributed by atoms with van der Waals surface area (Å²) in [5.74, 6) is -0.515. The van der Waals surface area contributed by atoms with Gasteiger partial charge in [0.15, 0.2) is 0 Å². The molecule has 0 spiro atoms. The molecule has 0 amide bonds. The number of rotatable bonds is 6. The van der Waals surface area contributed by atoms with Crippen molar-refractivity contribution in [1.29, 1.82) is 0 Å². The van der Waals surface area contributed by atoms with E-state index in [0.717, 1.165) is 32.2 Å². The van der Waals surface area contributed by atoms with Crippen LogP contribution in [0, 0.1) is 17.6 Å². The summed E-state index contributed by atoms with van der Waals surface area (Å²) in [6, 6.07) is 4.19. The third-order valence-corrected chi connectivity index (χ3v) is 4.81. The molecule has 116 valence electrons. The SMILES string of the molecule is CCCNC(Cc1c(F)cccc1F)C1CC2CCC1O2. The quantitative estimate of drug-likeness (QED) is 0.868. The van der Waals surface area contributed by atoms with Crippen molar-refractivity contribution < 1.29 is 13.5 Å². The number of hydrogen-bond acceptors (Lipinski definition) is 2. The van der Waals surface area contributed by atoms with E-state index in [1.165, 1.54) is 18.2 Å². The molecule has 4 unspecified atom stereocenters. The van der Waals surface area contributed by atoms with Crippen LogP contribution < -0.4 is 5.32 Å². The largest absolute Gasteiger partial charge is 0.375 e. The lowest BCUT2D eigenvalue weighted by Gasteiger charge is -2.29. The van der Waals surface area contributed by atoms with Crippen molar-refractivity contribution in [3.05, 3.63) is 35.4 Å². The minimum Gasteiger partial charge on any atom is -0.375 e. The lowest BCUT2D eigenvalue weighted by Crippen LogP contribution is -2.43. The molecule has 2 aliphatic rings. The highest BCUT2D eigenvalue weighted by Crippen LogP contribution is 2.41. The maximum atomic E-state index is 13.9. The molecule has 0 aromatic heterocycles. The average molecular weight is 295 g/mol. The Morgan fingerprint density at radius 3 is 2.62 bits per heavy atom. The van der Waals surface area contributed by atoms with Gasteiger partial charge in [0.05, 0.1) is 12.2 Å². The standard InChI is InChI=1S/C17H23F2NO/c1-2-8-20-16(13-9-11-6-7-17(13)21-11)10-12-14(18)4-3-5-15(12)19/h3-5,11,13,16-17,20H,2,6-10H2,1H3. The van der Waals surface area contributed by atoms with Crippen LogP contribution in [0.4, 0.5) is 8.78 Å². The first-order valence-electron chi connectivity index (χ1n) is 8.00. The molecular formula is C17H23F2NO. The van der Waals surface area contributed by atoms with E-state index < -0.39 is 11.6 Å². The van der Waals surface area contributed by atoms with Gasteiger partial charge in [0, 0.05) is 17.5 Å². The number of benzene rings is 1. The summed E-state index contributed by atoms with van der Waals surface area (Å²) in [6.45, 7) is 2.97. The van der Waals surface area contributed by atoms with Crippen molar-refractivity contribution in [2.45, 2.75) is 57.3 Å². The molecule has 4 heteroatoms. The van der Waals surface area contributed by atoms with Crippen LogP contribution in [0.5, 0.6) is 0 Å². The summed E-state index contributed by atoms with van der Waals surface area (Å²) in [4.78, 5) is 0. The molecule has 0 aliphatic carbocycles.